The number of carbonyl (C=O) groups excluding carboxylic acids is 2. The maximum atomic E-state index is 12.8. The summed E-state index contributed by atoms with van der Waals surface area (Å²) in [5.41, 5.74) is 4.30. The fraction of sp³-hybridized carbons (Fsp3) is 0.417. The molecule has 0 saturated carbocycles. The summed E-state index contributed by atoms with van der Waals surface area (Å²) in [5, 5.41) is 9.68. The van der Waals surface area contributed by atoms with Crippen molar-refractivity contribution in [3.63, 3.8) is 0 Å². The molecule has 1 fully saturated rings. The van der Waals surface area contributed by atoms with Gasteiger partial charge in [0.1, 0.15) is 0 Å². The van der Waals surface area contributed by atoms with Crippen LogP contribution in [0.2, 0.25) is 5.02 Å². The number of hydrogen-bond acceptors (Lipinski definition) is 5. The van der Waals surface area contributed by atoms with Crippen LogP contribution in [-0.4, -0.2) is 60.9 Å². The molecule has 0 bridgehead atoms. The summed E-state index contributed by atoms with van der Waals surface area (Å²) >= 11 is 6.03. The first-order valence-electron chi connectivity index (χ1n) is 10.8. The van der Waals surface area contributed by atoms with Crippen LogP contribution < -0.4 is 5.48 Å². The quantitative estimate of drug-likeness (QED) is 0.442. The number of halogens is 1. The van der Waals surface area contributed by atoms with Gasteiger partial charge in [0.15, 0.2) is 0 Å². The van der Waals surface area contributed by atoms with Gasteiger partial charge in [0, 0.05) is 36.2 Å². The van der Waals surface area contributed by atoms with Crippen molar-refractivity contribution < 1.29 is 24.3 Å². The second kappa shape index (κ2) is 12.0. The van der Waals surface area contributed by atoms with E-state index in [1.54, 1.807) is 10.4 Å². The van der Waals surface area contributed by atoms with Gasteiger partial charge in [0.2, 0.25) is 5.91 Å². The third-order valence-corrected chi connectivity index (χ3v) is 5.85. The van der Waals surface area contributed by atoms with Crippen molar-refractivity contribution in [3.05, 3.63) is 70.2 Å². The van der Waals surface area contributed by atoms with Gasteiger partial charge in [-0.2, -0.15) is 0 Å². The Hall–Kier alpha value is -2.45. The van der Waals surface area contributed by atoms with Crippen molar-refractivity contribution in [1.29, 1.82) is 0 Å². The Bertz CT molecular complexity index is 882. The predicted octanol–water partition coefficient (Wildman–Crippen LogP) is 3.44. The van der Waals surface area contributed by atoms with Crippen molar-refractivity contribution in [2.75, 3.05) is 32.9 Å². The Morgan fingerprint density at radius 1 is 1.12 bits per heavy atom. The number of amides is 2. The SMILES string of the molecule is CCO[C@H](CC(=O)NO)[C@H](Cc1ccc(Cl)cc1)c1ccc(C(=O)N2CCOCC2)cc1. The van der Waals surface area contributed by atoms with Crippen LogP contribution in [0.25, 0.3) is 0 Å². The van der Waals surface area contributed by atoms with Gasteiger partial charge in [-0.1, -0.05) is 35.9 Å². The van der Waals surface area contributed by atoms with Crippen molar-refractivity contribution in [2.45, 2.75) is 31.8 Å². The van der Waals surface area contributed by atoms with E-state index in [-0.39, 0.29) is 18.2 Å². The molecule has 32 heavy (non-hydrogen) atoms. The van der Waals surface area contributed by atoms with Gasteiger partial charge in [-0.3, -0.25) is 14.8 Å². The van der Waals surface area contributed by atoms with E-state index in [9.17, 15) is 9.59 Å². The Labute approximate surface area is 193 Å². The first kappa shape index (κ1) is 24.2. The molecule has 0 unspecified atom stereocenters. The number of morpholine rings is 1. The molecule has 2 aromatic rings. The van der Waals surface area contributed by atoms with Crippen LogP contribution in [0.1, 0.15) is 40.7 Å². The monoisotopic (exact) mass is 460 g/mol. The number of rotatable bonds is 9. The van der Waals surface area contributed by atoms with Gasteiger partial charge in [0.05, 0.1) is 25.7 Å². The molecule has 7 nitrogen and oxygen atoms in total. The number of hydrogen-bond donors (Lipinski definition) is 2. The molecule has 3 rings (SSSR count). The summed E-state index contributed by atoms with van der Waals surface area (Å²) in [7, 11) is 0. The highest BCUT2D eigenvalue weighted by Crippen LogP contribution is 2.29. The molecule has 1 saturated heterocycles. The van der Waals surface area contributed by atoms with Gasteiger partial charge < -0.3 is 14.4 Å². The highest BCUT2D eigenvalue weighted by molar-refractivity contribution is 6.30. The van der Waals surface area contributed by atoms with Gasteiger partial charge in [-0.25, -0.2) is 5.48 Å². The molecule has 2 aromatic carbocycles. The highest BCUT2D eigenvalue weighted by Gasteiger charge is 2.27. The molecule has 0 aromatic heterocycles. The van der Waals surface area contributed by atoms with Crippen LogP contribution in [0.5, 0.6) is 0 Å². The second-order valence-corrected chi connectivity index (χ2v) is 8.13. The van der Waals surface area contributed by atoms with E-state index in [0.717, 1.165) is 11.1 Å². The molecular weight excluding hydrogens is 432 g/mol. The third kappa shape index (κ3) is 6.53. The Morgan fingerprint density at radius 3 is 2.38 bits per heavy atom. The number of nitrogens with zero attached hydrogens (tertiary/aromatic N) is 1. The molecule has 2 amide bonds. The molecule has 1 aliphatic heterocycles. The lowest BCUT2D eigenvalue weighted by atomic mass is 9.85. The van der Waals surface area contributed by atoms with Crippen molar-refractivity contribution in [1.82, 2.24) is 10.4 Å². The number of benzene rings is 2. The molecule has 2 atom stereocenters. The van der Waals surface area contributed by atoms with E-state index in [0.29, 0.717) is 49.9 Å². The minimum atomic E-state index is -0.510. The van der Waals surface area contributed by atoms with Crippen LogP contribution in [0.4, 0.5) is 0 Å². The maximum absolute atomic E-state index is 12.8. The van der Waals surface area contributed by atoms with E-state index in [1.165, 1.54) is 0 Å². The van der Waals surface area contributed by atoms with E-state index in [2.05, 4.69) is 0 Å². The van der Waals surface area contributed by atoms with Gasteiger partial charge in [-0.15, -0.1) is 0 Å². The zero-order valence-corrected chi connectivity index (χ0v) is 18.9. The minimum Gasteiger partial charge on any atom is -0.378 e. The molecule has 172 valence electrons. The molecule has 8 heteroatoms. The van der Waals surface area contributed by atoms with Crippen LogP contribution in [0.15, 0.2) is 48.5 Å². The van der Waals surface area contributed by atoms with Crippen LogP contribution in [-0.2, 0) is 20.7 Å². The topological polar surface area (TPSA) is 88.1 Å². The van der Waals surface area contributed by atoms with E-state index in [1.807, 2.05) is 55.5 Å². The van der Waals surface area contributed by atoms with E-state index >= 15 is 0 Å². The number of hydroxylamine groups is 1. The number of ether oxygens (including phenoxy) is 2. The van der Waals surface area contributed by atoms with Gasteiger partial charge in [0.25, 0.3) is 5.91 Å². The fourth-order valence-electron chi connectivity index (χ4n) is 3.92. The Kier molecular flexibility index (Phi) is 9.05. The summed E-state index contributed by atoms with van der Waals surface area (Å²) in [4.78, 5) is 26.5. The number of carbonyl (C=O) groups is 2. The average Bonchev–Trinajstić information content (AvgIpc) is 2.83. The molecule has 1 aliphatic rings. The van der Waals surface area contributed by atoms with E-state index in [4.69, 9.17) is 26.3 Å². The van der Waals surface area contributed by atoms with Gasteiger partial charge >= 0.3 is 0 Å². The fourth-order valence-corrected chi connectivity index (χ4v) is 4.05. The molecule has 0 spiro atoms. The lowest BCUT2D eigenvalue weighted by Gasteiger charge is -2.28. The Balaban J connectivity index is 1.85. The predicted molar refractivity (Wildman–Crippen MR) is 121 cm³/mol. The van der Waals surface area contributed by atoms with E-state index < -0.39 is 12.0 Å². The van der Waals surface area contributed by atoms with Crippen molar-refractivity contribution in [2.24, 2.45) is 0 Å². The zero-order valence-electron chi connectivity index (χ0n) is 18.1. The lowest BCUT2D eigenvalue weighted by Crippen LogP contribution is -2.40. The second-order valence-electron chi connectivity index (χ2n) is 7.70. The maximum Gasteiger partial charge on any atom is 0.254 e. The molecule has 2 N–H and O–H groups in total. The van der Waals surface area contributed by atoms with Crippen LogP contribution in [0, 0.1) is 0 Å². The summed E-state index contributed by atoms with van der Waals surface area (Å²) in [6.45, 7) is 4.57. The third-order valence-electron chi connectivity index (χ3n) is 5.59. The summed E-state index contributed by atoms with van der Waals surface area (Å²) in [6.07, 6.45) is 0.164. The standard InChI is InChI=1S/C24H29ClN2O5/c1-2-32-22(16-23(28)26-30)21(15-17-3-9-20(25)10-4-17)18-5-7-19(8-6-18)24(29)27-11-13-31-14-12-27/h3-10,21-22,30H,2,11-16H2,1H3,(H,26,28)/t21-,22-/m1/s1. The van der Waals surface area contributed by atoms with Crippen LogP contribution >= 0.6 is 11.6 Å². The number of nitrogens with one attached hydrogen (secondary N) is 1. The summed E-state index contributed by atoms with van der Waals surface area (Å²) in [6, 6.07) is 15.0. The first-order valence-corrected chi connectivity index (χ1v) is 11.2. The zero-order chi connectivity index (χ0) is 22.9. The molecule has 0 radical (unpaired) electrons. The average molecular weight is 461 g/mol. The van der Waals surface area contributed by atoms with Gasteiger partial charge in [-0.05, 0) is 48.7 Å². The van der Waals surface area contributed by atoms with Crippen LogP contribution in [0.3, 0.4) is 0 Å². The Morgan fingerprint density at radius 2 is 1.78 bits per heavy atom. The smallest absolute Gasteiger partial charge is 0.254 e. The summed E-state index contributed by atoms with van der Waals surface area (Å²) < 4.78 is 11.2. The van der Waals surface area contributed by atoms with Crippen molar-refractivity contribution >= 4 is 23.4 Å². The highest BCUT2D eigenvalue weighted by atomic mass is 35.5. The largest absolute Gasteiger partial charge is 0.378 e. The molecular formula is C24H29ClN2O5. The molecule has 0 aliphatic carbocycles. The first-order chi connectivity index (χ1) is 15.5. The summed E-state index contributed by atoms with van der Waals surface area (Å²) in [5.74, 6) is -0.695. The minimum absolute atomic E-state index is 0.0110. The normalized spacial score (nSPS) is 15.8. The lowest BCUT2D eigenvalue weighted by molar-refractivity contribution is -0.132. The van der Waals surface area contributed by atoms with Crippen molar-refractivity contribution in [3.8, 4) is 0 Å². The molecule has 1 heterocycles.